The van der Waals surface area contributed by atoms with Crippen molar-refractivity contribution in [2.75, 3.05) is 5.01 Å². The molecule has 0 fully saturated rings. The van der Waals surface area contributed by atoms with Gasteiger partial charge in [0.05, 0.1) is 22.9 Å². The van der Waals surface area contributed by atoms with Crippen LogP contribution in [-0.2, 0) is 12.4 Å². The van der Waals surface area contributed by atoms with Crippen molar-refractivity contribution in [3.8, 4) is 0 Å². The fraction of sp³-hybridized carbons (Fsp3) is 0.471. The maximum Gasteiger partial charge on any atom is 0.416 e. The number of anilines is 1. The molecule has 0 amide bonds. The number of nitrogens with zero attached hydrogens (tertiary/aromatic N) is 2. The van der Waals surface area contributed by atoms with Gasteiger partial charge in [-0.25, -0.2) is 0 Å². The lowest BCUT2D eigenvalue weighted by molar-refractivity contribution is -0.143. The summed E-state index contributed by atoms with van der Waals surface area (Å²) in [4.78, 5) is 0. The van der Waals surface area contributed by atoms with E-state index in [0.29, 0.717) is 18.6 Å². The Hall–Kier alpha value is -1.99. The Kier molecular flexibility index (Phi) is 5.80. The molecule has 1 aliphatic heterocycles. The third-order valence-electron chi connectivity index (χ3n) is 3.86. The van der Waals surface area contributed by atoms with Crippen LogP contribution in [0.5, 0.6) is 0 Å². The second-order valence-corrected chi connectivity index (χ2v) is 5.82. The number of hydrogen-bond acceptors (Lipinski definition) is 2. The van der Waals surface area contributed by atoms with Crippen molar-refractivity contribution in [2.45, 2.75) is 51.0 Å². The number of unbranched alkanes of at least 4 members (excludes halogenated alkanes) is 2. The molecule has 138 valence electrons. The van der Waals surface area contributed by atoms with Crippen LogP contribution in [0.3, 0.4) is 0 Å². The lowest BCUT2D eigenvalue weighted by Crippen LogP contribution is -2.31. The van der Waals surface area contributed by atoms with Gasteiger partial charge in [-0.3, -0.25) is 5.01 Å². The molecule has 0 N–H and O–H groups in total. The van der Waals surface area contributed by atoms with Gasteiger partial charge in [0.15, 0.2) is 0 Å². The molecular weight excluding hydrogens is 346 g/mol. The second kappa shape index (κ2) is 7.49. The highest BCUT2D eigenvalue weighted by atomic mass is 19.4. The fourth-order valence-electron chi connectivity index (χ4n) is 2.61. The Morgan fingerprint density at radius 2 is 1.56 bits per heavy atom. The van der Waals surface area contributed by atoms with E-state index in [1.165, 1.54) is 11.2 Å². The predicted octanol–water partition coefficient (Wildman–Crippen LogP) is 6.04. The van der Waals surface area contributed by atoms with Crippen LogP contribution in [0.1, 0.15) is 43.7 Å². The summed E-state index contributed by atoms with van der Waals surface area (Å²) in [5, 5.41) is 5.22. The second-order valence-electron chi connectivity index (χ2n) is 5.82. The molecule has 0 aliphatic carbocycles. The number of halogens is 6. The predicted molar refractivity (Wildman–Crippen MR) is 84.5 cm³/mol. The Morgan fingerprint density at radius 1 is 0.960 bits per heavy atom. The molecule has 25 heavy (non-hydrogen) atoms. The van der Waals surface area contributed by atoms with E-state index < -0.39 is 23.5 Å². The number of hydrazone groups is 1. The van der Waals surface area contributed by atoms with Crippen molar-refractivity contribution >= 4 is 11.9 Å². The van der Waals surface area contributed by atoms with Gasteiger partial charge >= 0.3 is 12.4 Å². The summed E-state index contributed by atoms with van der Waals surface area (Å²) in [6.45, 7) is 2.01. The minimum absolute atomic E-state index is 0.124. The van der Waals surface area contributed by atoms with E-state index in [2.05, 4.69) is 5.10 Å². The first kappa shape index (κ1) is 19.3. The van der Waals surface area contributed by atoms with E-state index in [9.17, 15) is 26.3 Å². The van der Waals surface area contributed by atoms with Crippen LogP contribution in [-0.4, -0.2) is 12.3 Å². The van der Waals surface area contributed by atoms with Gasteiger partial charge in [-0.05, 0) is 30.7 Å². The summed E-state index contributed by atoms with van der Waals surface area (Å²) in [7, 11) is 0. The van der Waals surface area contributed by atoms with Gasteiger partial charge < -0.3 is 0 Å². The van der Waals surface area contributed by atoms with Gasteiger partial charge in [0.2, 0.25) is 0 Å². The minimum atomic E-state index is -4.87. The highest BCUT2D eigenvalue weighted by Gasteiger charge is 2.37. The molecule has 0 aromatic heterocycles. The van der Waals surface area contributed by atoms with E-state index >= 15 is 0 Å². The number of alkyl halides is 6. The zero-order valence-electron chi connectivity index (χ0n) is 13.5. The molecule has 1 aromatic carbocycles. The van der Waals surface area contributed by atoms with E-state index in [1.807, 2.05) is 6.92 Å². The van der Waals surface area contributed by atoms with Crippen LogP contribution in [0.25, 0.3) is 0 Å². The van der Waals surface area contributed by atoms with Gasteiger partial charge in [0, 0.05) is 6.21 Å². The maximum atomic E-state index is 13.0. The molecule has 0 saturated heterocycles. The van der Waals surface area contributed by atoms with Gasteiger partial charge in [-0.1, -0.05) is 32.3 Å². The first-order valence-corrected chi connectivity index (χ1v) is 7.92. The van der Waals surface area contributed by atoms with Crippen molar-refractivity contribution in [3.05, 3.63) is 41.5 Å². The molecule has 0 saturated carbocycles. The zero-order valence-corrected chi connectivity index (χ0v) is 13.5. The molecule has 2 nitrogen and oxygen atoms in total. The van der Waals surface area contributed by atoms with Gasteiger partial charge in [0.25, 0.3) is 0 Å². The monoisotopic (exact) mass is 364 g/mol. The molecule has 1 unspecified atom stereocenters. The zero-order chi connectivity index (χ0) is 18.7. The molecule has 1 aliphatic rings. The van der Waals surface area contributed by atoms with Crippen LogP contribution in [0, 0.1) is 0 Å². The Bertz CT molecular complexity index is 613. The molecule has 1 heterocycles. The Labute approximate surface area is 141 Å². The van der Waals surface area contributed by atoms with E-state index in [4.69, 9.17) is 0 Å². The largest absolute Gasteiger partial charge is 0.416 e. The normalized spacial score (nSPS) is 18.0. The first-order chi connectivity index (χ1) is 11.6. The molecule has 1 aromatic rings. The van der Waals surface area contributed by atoms with Crippen molar-refractivity contribution in [1.82, 2.24) is 0 Å². The molecule has 0 bridgehead atoms. The summed E-state index contributed by atoms with van der Waals surface area (Å²) < 4.78 is 78.1. The van der Waals surface area contributed by atoms with Crippen LogP contribution >= 0.6 is 0 Å². The maximum absolute atomic E-state index is 13.0. The topological polar surface area (TPSA) is 15.6 Å². The summed E-state index contributed by atoms with van der Waals surface area (Å²) in [6, 6.07) is 1.16. The number of allylic oxidation sites excluding steroid dienone is 1. The number of rotatable bonds is 5. The molecular formula is C17H18F6N2. The summed E-state index contributed by atoms with van der Waals surface area (Å²) in [5.74, 6) is 0. The number of benzene rings is 1. The fourth-order valence-corrected chi connectivity index (χ4v) is 2.61. The molecule has 0 radical (unpaired) electrons. The summed E-state index contributed by atoms with van der Waals surface area (Å²) in [6.07, 6.45) is -1.72. The molecule has 8 heteroatoms. The minimum Gasteiger partial charge on any atom is -0.259 e. The molecule has 1 atom stereocenters. The third kappa shape index (κ3) is 4.99. The van der Waals surface area contributed by atoms with Crippen LogP contribution < -0.4 is 5.01 Å². The van der Waals surface area contributed by atoms with Crippen molar-refractivity contribution in [1.29, 1.82) is 0 Å². The summed E-state index contributed by atoms with van der Waals surface area (Å²) in [5.41, 5.74) is -2.90. The quantitative estimate of drug-likeness (QED) is 0.460. The van der Waals surface area contributed by atoms with Gasteiger partial charge in [-0.2, -0.15) is 31.4 Å². The average molecular weight is 364 g/mol. The standard InChI is InChI=1S/C17H18F6N2/c1-2-3-4-6-14-7-5-8-24-25(14)15-10-12(16(18,19)20)9-13(11-15)17(21,22)23/h5,7-11,14H,2-4,6H2,1H3. The first-order valence-electron chi connectivity index (χ1n) is 7.92. The lowest BCUT2D eigenvalue weighted by atomic mass is 10.0. The highest BCUT2D eigenvalue weighted by Crippen LogP contribution is 2.39. The van der Waals surface area contributed by atoms with Crippen molar-refractivity contribution in [2.24, 2.45) is 5.10 Å². The Balaban J connectivity index is 2.41. The smallest absolute Gasteiger partial charge is 0.259 e. The molecule has 0 spiro atoms. The van der Waals surface area contributed by atoms with E-state index in [0.717, 1.165) is 19.3 Å². The number of hydrogen-bond donors (Lipinski definition) is 0. The SMILES string of the molecule is CCCCCC1C=CC=NN1c1cc(C(F)(F)F)cc(C(F)(F)F)c1. The molecule has 2 rings (SSSR count). The van der Waals surface area contributed by atoms with Crippen molar-refractivity contribution < 1.29 is 26.3 Å². The van der Waals surface area contributed by atoms with Crippen LogP contribution in [0.4, 0.5) is 32.0 Å². The average Bonchev–Trinajstić information content (AvgIpc) is 2.53. The Morgan fingerprint density at radius 3 is 2.08 bits per heavy atom. The van der Waals surface area contributed by atoms with E-state index in [-0.39, 0.29) is 17.8 Å². The summed E-state index contributed by atoms with van der Waals surface area (Å²) >= 11 is 0. The van der Waals surface area contributed by atoms with Gasteiger partial charge in [-0.15, -0.1) is 0 Å². The van der Waals surface area contributed by atoms with Crippen LogP contribution in [0.2, 0.25) is 0 Å². The van der Waals surface area contributed by atoms with Crippen LogP contribution in [0.15, 0.2) is 35.5 Å². The third-order valence-corrected chi connectivity index (χ3v) is 3.86. The van der Waals surface area contributed by atoms with Gasteiger partial charge in [0.1, 0.15) is 0 Å². The van der Waals surface area contributed by atoms with Crippen molar-refractivity contribution in [3.63, 3.8) is 0 Å². The lowest BCUT2D eigenvalue weighted by Gasteiger charge is -2.30. The van der Waals surface area contributed by atoms with E-state index in [1.54, 1.807) is 12.2 Å². The highest BCUT2D eigenvalue weighted by molar-refractivity contribution is 5.75.